The molecule has 0 aromatic heterocycles. The number of rotatable bonds is 7. The number of nitrogens with one attached hydrogen (secondary N) is 1. The second kappa shape index (κ2) is 7.39. The first kappa shape index (κ1) is 15.8. The van der Waals surface area contributed by atoms with Gasteiger partial charge in [-0.05, 0) is 24.6 Å². The molecule has 0 radical (unpaired) electrons. The third-order valence-corrected chi connectivity index (χ3v) is 2.38. The zero-order valence-electron chi connectivity index (χ0n) is 10.4. The molecule has 0 saturated heterocycles. The third kappa shape index (κ3) is 5.19. The fraction of sp³-hybridized carbons (Fsp3) is 0.333. The highest BCUT2D eigenvalue weighted by Crippen LogP contribution is 2.15. The van der Waals surface area contributed by atoms with Gasteiger partial charge in [-0.15, -0.1) is 0 Å². The van der Waals surface area contributed by atoms with E-state index in [9.17, 15) is 18.4 Å². The molecule has 1 amide bonds. The molecule has 8 heteroatoms. The van der Waals surface area contributed by atoms with Crippen molar-refractivity contribution in [2.45, 2.75) is 19.1 Å². The second-order valence-corrected chi connectivity index (χ2v) is 3.90. The van der Waals surface area contributed by atoms with Crippen LogP contribution in [0.3, 0.4) is 0 Å². The van der Waals surface area contributed by atoms with Crippen LogP contribution in [0.4, 0.5) is 8.78 Å². The van der Waals surface area contributed by atoms with Crippen molar-refractivity contribution in [3.63, 3.8) is 0 Å². The Morgan fingerprint density at radius 3 is 2.70 bits per heavy atom. The molecule has 1 unspecified atom stereocenters. The van der Waals surface area contributed by atoms with Gasteiger partial charge < -0.3 is 20.9 Å². The topological polar surface area (TPSA) is 102 Å². The molecule has 110 valence electrons. The van der Waals surface area contributed by atoms with Crippen molar-refractivity contribution in [3.05, 3.63) is 29.8 Å². The van der Waals surface area contributed by atoms with Gasteiger partial charge in [-0.3, -0.25) is 9.59 Å². The Bertz CT molecular complexity index is 482. The summed E-state index contributed by atoms with van der Waals surface area (Å²) in [5.41, 5.74) is 5.40. The zero-order chi connectivity index (χ0) is 15.1. The Hall–Kier alpha value is -2.22. The number of aliphatic carboxylic acids is 1. The molecule has 1 aromatic carbocycles. The van der Waals surface area contributed by atoms with E-state index in [1.54, 1.807) is 0 Å². The van der Waals surface area contributed by atoms with Crippen LogP contribution in [0.15, 0.2) is 24.3 Å². The number of carboxylic acid groups (broad SMARTS) is 1. The van der Waals surface area contributed by atoms with Crippen molar-refractivity contribution < 1.29 is 28.2 Å². The Labute approximate surface area is 113 Å². The zero-order valence-corrected chi connectivity index (χ0v) is 10.4. The summed E-state index contributed by atoms with van der Waals surface area (Å²) < 4.78 is 28.2. The molecule has 20 heavy (non-hydrogen) atoms. The summed E-state index contributed by atoms with van der Waals surface area (Å²) in [5, 5.41) is 11.0. The highest BCUT2D eigenvalue weighted by molar-refractivity contribution is 5.94. The Kier molecular flexibility index (Phi) is 5.85. The van der Waals surface area contributed by atoms with E-state index in [0.29, 0.717) is 0 Å². The minimum absolute atomic E-state index is 0.0617. The van der Waals surface area contributed by atoms with Gasteiger partial charge in [0.05, 0.1) is 0 Å². The number of benzene rings is 1. The summed E-state index contributed by atoms with van der Waals surface area (Å²) in [5.74, 6) is -1.82. The Morgan fingerprint density at radius 2 is 2.10 bits per heavy atom. The lowest BCUT2D eigenvalue weighted by atomic mass is 10.2. The van der Waals surface area contributed by atoms with Crippen LogP contribution < -0.4 is 15.8 Å². The third-order valence-electron chi connectivity index (χ3n) is 2.38. The van der Waals surface area contributed by atoms with Crippen LogP contribution in [0.5, 0.6) is 5.75 Å². The summed E-state index contributed by atoms with van der Waals surface area (Å²) in [6, 6.07) is 4.21. The summed E-state index contributed by atoms with van der Waals surface area (Å²) in [7, 11) is 0. The second-order valence-electron chi connectivity index (χ2n) is 3.90. The normalized spacial score (nSPS) is 12.0. The first-order valence-corrected chi connectivity index (χ1v) is 5.71. The van der Waals surface area contributed by atoms with Crippen molar-refractivity contribution in [1.29, 1.82) is 0 Å². The monoisotopic (exact) mass is 288 g/mol. The number of halogens is 2. The highest BCUT2D eigenvalue weighted by atomic mass is 19.3. The van der Waals surface area contributed by atoms with E-state index in [0.717, 1.165) is 0 Å². The maximum absolute atomic E-state index is 12.0. The van der Waals surface area contributed by atoms with E-state index < -0.39 is 24.5 Å². The smallest absolute Gasteiger partial charge is 0.387 e. The van der Waals surface area contributed by atoms with Crippen molar-refractivity contribution in [3.8, 4) is 5.75 Å². The van der Waals surface area contributed by atoms with Gasteiger partial charge in [0.15, 0.2) is 0 Å². The van der Waals surface area contributed by atoms with Gasteiger partial charge in [0, 0.05) is 12.1 Å². The van der Waals surface area contributed by atoms with Crippen LogP contribution in [0.1, 0.15) is 16.8 Å². The molecular formula is C12H14F2N2O4. The van der Waals surface area contributed by atoms with E-state index in [1.165, 1.54) is 24.3 Å². The molecule has 0 aliphatic carbocycles. The quantitative estimate of drug-likeness (QED) is 0.689. The molecule has 1 aromatic rings. The number of ether oxygens (including phenoxy) is 1. The number of hydrogen-bond donors (Lipinski definition) is 3. The van der Waals surface area contributed by atoms with Gasteiger partial charge in [0.1, 0.15) is 11.8 Å². The summed E-state index contributed by atoms with van der Waals surface area (Å²) in [4.78, 5) is 22.2. The van der Waals surface area contributed by atoms with Crippen LogP contribution in [-0.2, 0) is 4.79 Å². The van der Waals surface area contributed by atoms with E-state index in [1.807, 2.05) is 0 Å². The average Bonchev–Trinajstić information content (AvgIpc) is 2.37. The maximum Gasteiger partial charge on any atom is 0.387 e. The van der Waals surface area contributed by atoms with Gasteiger partial charge in [-0.25, -0.2) is 0 Å². The Morgan fingerprint density at radius 1 is 1.40 bits per heavy atom. The van der Waals surface area contributed by atoms with Crippen molar-refractivity contribution in [2.75, 3.05) is 6.54 Å². The lowest BCUT2D eigenvalue weighted by Gasteiger charge is -2.09. The minimum Gasteiger partial charge on any atom is -0.480 e. The summed E-state index contributed by atoms with van der Waals surface area (Å²) in [6.45, 7) is -2.91. The van der Waals surface area contributed by atoms with E-state index in [4.69, 9.17) is 10.8 Å². The van der Waals surface area contributed by atoms with Crippen LogP contribution in [0.2, 0.25) is 0 Å². The SMILES string of the molecule is NC(CCNC(=O)c1cccc(OC(F)F)c1)C(=O)O. The van der Waals surface area contributed by atoms with Gasteiger partial charge in [0.2, 0.25) is 0 Å². The molecule has 6 nitrogen and oxygen atoms in total. The van der Waals surface area contributed by atoms with Gasteiger partial charge >= 0.3 is 12.6 Å². The molecule has 4 N–H and O–H groups in total. The molecule has 0 aliphatic heterocycles. The molecule has 1 atom stereocenters. The van der Waals surface area contributed by atoms with Gasteiger partial charge in [0.25, 0.3) is 5.91 Å². The largest absolute Gasteiger partial charge is 0.480 e. The fourth-order valence-electron chi connectivity index (χ4n) is 1.38. The molecule has 0 bridgehead atoms. The number of carbonyl (C=O) groups excluding carboxylic acids is 1. The summed E-state index contributed by atoms with van der Waals surface area (Å²) >= 11 is 0. The van der Waals surface area contributed by atoms with Crippen LogP contribution in [0.25, 0.3) is 0 Å². The number of nitrogens with two attached hydrogens (primary N) is 1. The highest BCUT2D eigenvalue weighted by Gasteiger charge is 2.13. The predicted octanol–water partition coefficient (Wildman–Crippen LogP) is 0.820. The van der Waals surface area contributed by atoms with E-state index >= 15 is 0 Å². The van der Waals surface area contributed by atoms with E-state index in [2.05, 4.69) is 10.1 Å². The van der Waals surface area contributed by atoms with Crippen LogP contribution in [-0.4, -0.2) is 36.2 Å². The molecule has 0 aliphatic rings. The van der Waals surface area contributed by atoms with Gasteiger partial charge in [-0.2, -0.15) is 8.78 Å². The van der Waals surface area contributed by atoms with Crippen molar-refractivity contribution >= 4 is 11.9 Å². The number of carbonyl (C=O) groups is 2. The predicted molar refractivity (Wildman–Crippen MR) is 65.6 cm³/mol. The average molecular weight is 288 g/mol. The summed E-state index contributed by atoms with van der Waals surface area (Å²) in [6.07, 6.45) is 0.0638. The standard InChI is InChI=1S/C12H14F2N2O4/c13-12(14)20-8-3-1-2-7(6-8)10(17)16-5-4-9(15)11(18)19/h1-3,6,9,12H,4-5,15H2,(H,16,17)(H,18,19). The maximum atomic E-state index is 12.0. The first-order valence-electron chi connectivity index (χ1n) is 5.71. The van der Waals surface area contributed by atoms with Gasteiger partial charge in [-0.1, -0.05) is 6.07 Å². The van der Waals surface area contributed by atoms with Crippen LogP contribution in [0, 0.1) is 0 Å². The van der Waals surface area contributed by atoms with Crippen molar-refractivity contribution in [2.24, 2.45) is 5.73 Å². The molecule has 0 heterocycles. The lowest BCUT2D eigenvalue weighted by Crippen LogP contribution is -2.35. The Balaban J connectivity index is 2.53. The molecule has 0 saturated carbocycles. The lowest BCUT2D eigenvalue weighted by molar-refractivity contribution is -0.138. The molecule has 0 fully saturated rings. The first-order chi connectivity index (χ1) is 9.40. The minimum atomic E-state index is -2.97. The van der Waals surface area contributed by atoms with E-state index in [-0.39, 0.29) is 24.3 Å². The number of amides is 1. The number of carboxylic acids is 1. The molecule has 1 rings (SSSR count). The molecule has 0 spiro atoms. The number of hydrogen-bond acceptors (Lipinski definition) is 4. The van der Waals surface area contributed by atoms with Crippen molar-refractivity contribution in [1.82, 2.24) is 5.32 Å². The fourth-order valence-corrected chi connectivity index (χ4v) is 1.38. The molecular weight excluding hydrogens is 274 g/mol. The van der Waals surface area contributed by atoms with Crippen LogP contribution >= 0.6 is 0 Å². The number of alkyl halides is 2.